The van der Waals surface area contributed by atoms with Crippen LogP contribution in [0.4, 0.5) is 0 Å². The quantitative estimate of drug-likeness (QED) is 0.354. The zero-order valence-electron chi connectivity index (χ0n) is 6.90. The molecular formula is C10H12O2. The van der Waals surface area contributed by atoms with Crippen LogP contribution in [0.1, 0.15) is 6.42 Å². The van der Waals surface area contributed by atoms with Crippen LogP contribution in [0.2, 0.25) is 0 Å². The van der Waals surface area contributed by atoms with Gasteiger partial charge < -0.3 is 4.74 Å². The number of hydrogen-bond donors (Lipinski definition) is 0. The Bertz CT molecular complexity index is 190. The maximum atomic E-state index is 10.8. The van der Waals surface area contributed by atoms with Gasteiger partial charge in [-0.05, 0) is 6.08 Å². The molecule has 0 saturated carbocycles. The van der Waals surface area contributed by atoms with Gasteiger partial charge in [0.05, 0.1) is 12.7 Å². The van der Waals surface area contributed by atoms with Crippen LogP contribution in [0, 0.1) is 0 Å². The summed E-state index contributed by atoms with van der Waals surface area (Å²) in [5.41, 5.74) is 0. The molecular weight excluding hydrogens is 152 g/mol. The van der Waals surface area contributed by atoms with E-state index in [2.05, 4.69) is 17.9 Å². The Morgan fingerprint density at radius 1 is 1.25 bits per heavy atom. The Morgan fingerprint density at radius 2 is 1.92 bits per heavy atom. The summed E-state index contributed by atoms with van der Waals surface area (Å²) in [5, 5.41) is 0. The molecule has 0 aliphatic carbocycles. The van der Waals surface area contributed by atoms with E-state index in [1.807, 2.05) is 0 Å². The average molecular weight is 164 g/mol. The average Bonchev–Trinajstić information content (AvgIpc) is 2.06. The molecule has 0 aromatic heterocycles. The van der Waals surface area contributed by atoms with E-state index in [1.165, 1.54) is 12.3 Å². The van der Waals surface area contributed by atoms with Crippen LogP contribution in [-0.4, -0.2) is 5.97 Å². The smallest absolute Gasteiger partial charge is 0.314 e. The normalized spacial score (nSPS) is 10.3. The fourth-order valence-electron chi connectivity index (χ4n) is 0.479. The van der Waals surface area contributed by atoms with Gasteiger partial charge in [0.15, 0.2) is 0 Å². The molecule has 0 aliphatic rings. The largest absolute Gasteiger partial charge is 0.434 e. The second-order valence-corrected chi connectivity index (χ2v) is 1.92. The molecule has 12 heavy (non-hydrogen) atoms. The van der Waals surface area contributed by atoms with Crippen LogP contribution < -0.4 is 0 Å². The summed E-state index contributed by atoms with van der Waals surface area (Å²) < 4.78 is 4.65. The van der Waals surface area contributed by atoms with Gasteiger partial charge in [0.25, 0.3) is 0 Å². The van der Waals surface area contributed by atoms with Crippen molar-refractivity contribution in [1.82, 2.24) is 0 Å². The molecule has 2 nitrogen and oxygen atoms in total. The lowest BCUT2D eigenvalue weighted by Gasteiger charge is -1.92. The number of esters is 1. The van der Waals surface area contributed by atoms with Gasteiger partial charge in [0, 0.05) is 0 Å². The summed E-state index contributed by atoms with van der Waals surface area (Å²) >= 11 is 0. The van der Waals surface area contributed by atoms with Gasteiger partial charge in [-0.2, -0.15) is 0 Å². The Morgan fingerprint density at radius 3 is 2.50 bits per heavy atom. The molecule has 0 aliphatic heterocycles. The van der Waals surface area contributed by atoms with Crippen molar-refractivity contribution in [2.75, 3.05) is 0 Å². The molecule has 0 spiro atoms. The molecule has 0 saturated heterocycles. The lowest BCUT2D eigenvalue weighted by molar-refractivity contribution is -0.136. The zero-order valence-corrected chi connectivity index (χ0v) is 6.90. The molecule has 0 atom stereocenters. The number of hydrogen-bond acceptors (Lipinski definition) is 2. The number of allylic oxidation sites excluding steroid dienone is 4. The Kier molecular flexibility index (Phi) is 6.55. The molecule has 0 amide bonds. The zero-order chi connectivity index (χ0) is 9.23. The van der Waals surface area contributed by atoms with E-state index in [0.717, 1.165) is 0 Å². The van der Waals surface area contributed by atoms with E-state index in [9.17, 15) is 4.79 Å². The first kappa shape index (κ1) is 10.4. The highest BCUT2D eigenvalue weighted by molar-refractivity contribution is 5.71. The predicted molar refractivity (Wildman–Crippen MR) is 49.4 cm³/mol. The first-order valence-electron chi connectivity index (χ1n) is 3.56. The van der Waals surface area contributed by atoms with Crippen molar-refractivity contribution in [2.45, 2.75) is 6.42 Å². The van der Waals surface area contributed by atoms with Gasteiger partial charge in [0.1, 0.15) is 0 Å². The van der Waals surface area contributed by atoms with Crippen LogP contribution in [0.3, 0.4) is 0 Å². The van der Waals surface area contributed by atoms with Gasteiger partial charge >= 0.3 is 5.97 Å². The topological polar surface area (TPSA) is 26.3 Å². The van der Waals surface area contributed by atoms with Crippen molar-refractivity contribution in [1.29, 1.82) is 0 Å². The highest BCUT2D eigenvalue weighted by Gasteiger charge is 1.93. The third-order valence-electron chi connectivity index (χ3n) is 0.971. The summed E-state index contributed by atoms with van der Waals surface area (Å²) in [6.45, 7) is 6.89. The summed E-state index contributed by atoms with van der Waals surface area (Å²) in [6, 6.07) is 0. The fraction of sp³-hybridized carbons (Fsp3) is 0.100. The first-order valence-corrected chi connectivity index (χ1v) is 3.56. The number of carbonyl (C=O) groups excluding carboxylic acids is 1. The third-order valence-corrected chi connectivity index (χ3v) is 0.971. The maximum absolute atomic E-state index is 10.8. The van der Waals surface area contributed by atoms with Gasteiger partial charge in [-0.1, -0.05) is 37.5 Å². The van der Waals surface area contributed by atoms with Crippen LogP contribution >= 0.6 is 0 Å². The van der Waals surface area contributed by atoms with Crippen molar-refractivity contribution in [3.05, 3.63) is 49.8 Å². The van der Waals surface area contributed by atoms with E-state index >= 15 is 0 Å². The lowest BCUT2D eigenvalue weighted by Crippen LogP contribution is -1.95. The van der Waals surface area contributed by atoms with Crippen molar-refractivity contribution in [3.63, 3.8) is 0 Å². The van der Waals surface area contributed by atoms with E-state index in [-0.39, 0.29) is 12.4 Å². The van der Waals surface area contributed by atoms with Crippen molar-refractivity contribution >= 4 is 5.97 Å². The minimum Gasteiger partial charge on any atom is -0.434 e. The SMILES string of the molecule is C=CC=CCC(=O)OC=CC=C. The molecule has 0 heterocycles. The van der Waals surface area contributed by atoms with Crippen molar-refractivity contribution < 1.29 is 9.53 Å². The van der Waals surface area contributed by atoms with Crippen LogP contribution in [-0.2, 0) is 9.53 Å². The summed E-state index contributed by atoms with van der Waals surface area (Å²) in [5.74, 6) is -0.300. The minimum atomic E-state index is -0.300. The number of ether oxygens (including phenoxy) is 1. The van der Waals surface area contributed by atoms with Gasteiger partial charge in [-0.3, -0.25) is 4.79 Å². The fourth-order valence-corrected chi connectivity index (χ4v) is 0.479. The second kappa shape index (κ2) is 7.54. The van der Waals surface area contributed by atoms with E-state index in [0.29, 0.717) is 0 Å². The van der Waals surface area contributed by atoms with Crippen molar-refractivity contribution in [2.24, 2.45) is 0 Å². The molecule has 0 fully saturated rings. The molecule has 0 N–H and O–H groups in total. The maximum Gasteiger partial charge on any atom is 0.314 e. The molecule has 0 aromatic carbocycles. The lowest BCUT2D eigenvalue weighted by atomic mass is 10.4. The standard InChI is InChI=1S/C10H12O2/c1-3-5-7-8-10(11)12-9-6-4-2/h3-7,9H,1-2,8H2. The van der Waals surface area contributed by atoms with Crippen molar-refractivity contribution in [3.8, 4) is 0 Å². The number of rotatable bonds is 5. The predicted octanol–water partition coefficient (Wildman–Crippen LogP) is 2.36. The molecule has 0 unspecified atom stereocenters. The monoisotopic (exact) mass is 164 g/mol. The van der Waals surface area contributed by atoms with Gasteiger partial charge in [-0.25, -0.2) is 0 Å². The molecule has 0 bridgehead atoms. The van der Waals surface area contributed by atoms with Gasteiger partial charge in [0.2, 0.25) is 0 Å². The molecule has 0 radical (unpaired) electrons. The summed E-state index contributed by atoms with van der Waals surface area (Å²) in [7, 11) is 0. The Balaban J connectivity index is 3.59. The van der Waals surface area contributed by atoms with E-state index in [1.54, 1.807) is 24.3 Å². The van der Waals surface area contributed by atoms with Gasteiger partial charge in [-0.15, -0.1) is 0 Å². The highest BCUT2D eigenvalue weighted by Crippen LogP contribution is 1.89. The second-order valence-electron chi connectivity index (χ2n) is 1.92. The Labute approximate surface area is 72.5 Å². The number of carbonyl (C=O) groups is 1. The Hall–Kier alpha value is -1.57. The first-order chi connectivity index (χ1) is 5.81. The van der Waals surface area contributed by atoms with Crippen LogP contribution in [0.25, 0.3) is 0 Å². The van der Waals surface area contributed by atoms with E-state index < -0.39 is 0 Å². The molecule has 2 heteroatoms. The highest BCUT2D eigenvalue weighted by atomic mass is 16.5. The molecule has 0 rings (SSSR count). The minimum absolute atomic E-state index is 0.257. The third kappa shape index (κ3) is 6.55. The van der Waals surface area contributed by atoms with E-state index in [4.69, 9.17) is 0 Å². The summed E-state index contributed by atoms with van der Waals surface area (Å²) in [4.78, 5) is 10.8. The van der Waals surface area contributed by atoms with Crippen LogP contribution in [0.5, 0.6) is 0 Å². The summed E-state index contributed by atoms with van der Waals surface area (Å²) in [6.07, 6.45) is 9.62. The molecule has 0 aromatic rings. The molecule has 64 valence electrons. The van der Waals surface area contributed by atoms with Crippen LogP contribution in [0.15, 0.2) is 49.8 Å².